The number of likely N-dealkylation sites (N-methyl/N-ethyl adjacent to an activating group) is 1. The first-order chi connectivity index (χ1) is 18.1. The number of nitrogens with one attached hydrogen (secondary N) is 1. The van der Waals surface area contributed by atoms with Gasteiger partial charge in [-0.15, -0.1) is 0 Å². The predicted molar refractivity (Wildman–Crippen MR) is 145 cm³/mol. The van der Waals surface area contributed by atoms with Crippen molar-refractivity contribution in [3.63, 3.8) is 0 Å². The minimum Gasteiger partial charge on any atom is -0.491 e. The molecular formula is C28H35FN6O3. The number of piperidine rings is 1. The van der Waals surface area contributed by atoms with Crippen LogP contribution in [0.2, 0.25) is 0 Å². The molecule has 3 aromatic rings. The molecule has 0 saturated carbocycles. The van der Waals surface area contributed by atoms with Crippen LogP contribution in [-0.2, 0) is 4.79 Å². The molecule has 4 heterocycles. The van der Waals surface area contributed by atoms with E-state index in [2.05, 4.69) is 40.2 Å². The number of amides is 1. The van der Waals surface area contributed by atoms with Crippen molar-refractivity contribution in [2.45, 2.75) is 63.8 Å². The third-order valence-electron chi connectivity index (χ3n) is 7.71. The standard InChI is InChI=1S/C28H35FN6O3/c1-17(2)19-6-7-22(38-16-18-5-8-26(36)34(18)4)21-14-31-25(13-20(19)21)32-24-9-11-30-27(33-24)35-12-10-28(3,37)23(29)15-35/h6-7,9,11,13-14,17-18,23,37H,5,8,10,12,15-16H2,1-4H3,(H,30,31,32,33)/t18-,23-,28+/m1/s1. The molecule has 0 radical (unpaired) electrons. The largest absolute Gasteiger partial charge is 0.491 e. The van der Waals surface area contributed by atoms with Crippen LogP contribution in [0.15, 0.2) is 36.7 Å². The van der Waals surface area contributed by atoms with Gasteiger partial charge in [-0.1, -0.05) is 19.9 Å². The zero-order valence-corrected chi connectivity index (χ0v) is 22.3. The van der Waals surface area contributed by atoms with E-state index in [1.807, 2.05) is 19.2 Å². The van der Waals surface area contributed by atoms with E-state index in [9.17, 15) is 14.3 Å². The Kier molecular flexibility index (Phi) is 7.09. The maximum Gasteiger partial charge on any atom is 0.227 e. The van der Waals surface area contributed by atoms with Gasteiger partial charge in [-0.25, -0.2) is 14.4 Å². The lowest BCUT2D eigenvalue weighted by Crippen LogP contribution is -2.52. The molecule has 0 spiro atoms. The van der Waals surface area contributed by atoms with Crippen molar-refractivity contribution < 1.29 is 19.0 Å². The van der Waals surface area contributed by atoms with Crippen molar-refractivity contribution in [1.29, 1.82) is 0 Å². The molecular weight excluding hydrogens is 487 g/mol. The maximum atomic E-state index is 14.4. The number of rotatable bonds is 7. The van der Waals surface area contributed by atoms with E-state index < -0.39 is 11.8 Å². The minimum absolute atomic E-state index is 0.0377. The SMILES string of the molecule is CC(C)c1ccc(OC[C@H]2CCC(=O)N2C)c2cnc(Nc3ccnc(N4CC[C@](C)(O)[C@H](F)C4)n3)cc12. The molecule has 9 nitrogen and oxygen atoms in total. The average molecular weight is 523 g/mol. The lowest BCUT2D eigenvalue weighted by atomic mass is 9.92. The summed E-state index contributed by atoms with van der Waals surface area (Å²) in [5.41, 5.74) is -0.161. The van der Waals surface area contributed by atoms with Crippen LogP contribution in [0.4, 0.5) is 22.0 Å². The number of aliphatic hydroxyl groups is 1. The Bertz CT molecular complexity index is 1330. The van der Waals surface area contributed by atoms with E-state index in [0.717, 1.165) is 22.9 Å². The molecule has 2 aliphatic heterocycles. The number of hydrogen-bond donors (Lipinski definition) is 2. The van der Waals surface area contributed by atoms with Crippen LogP contribution in [0.25, 0.3) is 10.8 Å². The summed E-state index contributed by atoms with van der Waals surface area (Å²) in [5, 5.41) is 15.3. The Morgan fingerprint density at radius 3 is 2.76 bits per heavy atom. The molecule has 0 aliphatic carbocycles. The van der Waals surface area contributed by atoms with Crippen molar-refractivity contribution in [2.75, 3.05) is 37.0 Å². The van der Waals surface area contributed by atoms with Crippen molar-refractivity contribution >= 4 is 34.3 Å². The fourth-order valence-electron chi connectivity index (χ4n) is 5.06. The fraction of sp³-hybridized carbons (Fsp3) is 0.500. The molecule has 2 aliphatic rings. The van der Waals surface area contributed by atoms with Crippen molar-refractivity contribution in [3.05, 3.63) is 42.2 Å². The van der Waals surface area contributed by atoms with Crippen LogP contribution in [0.5, 0.6) is 5.75 Å². The summed E-state index contributed by atoms with van der Waals surface area (Å²) in [7, 11) is 1.83. The van der Waals surface area contributed by atoms with E-state index in [-0.39, 0.29) is 24.4 Å². The Morgan fingerprint density at radius 1 is 1.24 bits per heavy atom. The number of carbonyl (C=O) groups excluding carboxylic acids is 1. The molecule has 202 valence electrons. The highest BCUT2D eigenvalue weighted by Gasteiger charge is 2.38. The highest BCUT2D eigenvalue weighted by Crippen LogP contribution is 2.34. The summed E-state index contributed by atoms with van der Waals surface area (Å²) in [6.07, 6.45) is 3.71. The lowest BCUT2D eigenvalue weighted by Gasteiger charge is -2.38. The Balaban J connectivity index is 1.37. The summed E-state index contributed by atoms with van der Waals surface area (Å²) in [6.45, 7) is 6.76. The number of halogens is 1. The van der Waals surface area contributed by atoms with Gasteiger partial charge in [-0.05, 0) is 54.8 Å². The number of aromatic nitrogens is 3. The fourth-order valence-corrected chi connectivity index (χ4v) is 5.06. The van der Waals surface area contributed by atoms with E-state index in [0.29, 0.717) is 43.6 Å². The summed E-state index contributed by atoms with van der Waals surface area (Å²) < 4.78 is 20.6. The van der Waals surface area contributed by atoms with Crippen LogP contribution in [0.3, 0.4) is 0 Å². The Hall–Kier alpha value is -3.53. The van der Waals surface area contributed by atoms with Crippen molar-refractivity contribution in [3.8, 4) is 5.75 Å². The van der Waals surface area contributed by atoms with Crippen LogP contribution in [0, 0.1) is 0 Å². The second kappa shape index (κ2) is 10.3. The van der Waals surface area contributed by atoms with E-state index in [1.54, 1.807) is 28.3 Å². The smallest absolute Gasteiger partial charge is 0.227 e. The van der Waals surface area contributed by atoms with Crippen molar-refractivity contribution in [2.24, 2.45) is 0 Å². The Labute approximate surface area is 222 Å². The molecule has 38 heavy (non-hydrogen) atoms. The quantitative estimate of drug-likeness (QED) is 0.476. The second-order valence-electron chi connectivity index (χ2n) is 10.8. The first kappa shape index (κ1) is 26.1. The third-order valence-corrected chi connectivity index (χ3v) is 7.71. The number of alkyl halides is 1. The van der Waals surface area contributed by atoms with Gasteiger partial charge in [0.25, 0.3) is 0 Å². The van der Waals surface area contributed by atoms with Gasteiger partial charge in [0.2, 0.25) is 11.9 Å². The lowest BCUT2D eigenvalue weighted by molar-refractivity contribution is -0.127. The molecule has 2 aromatic heterocycles. The zero-order valence-electron chi connectivity index (χ0n) is 22.3. The third kappa shape index (κ3) is 5.22. The van der Waals surface area contributed by atoms with E-state index in [4.69, 9.17) is 4.74 Å². The van der Waals surface area contributed by atoms with Gasteiger partial charge < -0.3 is 25.0 Å². The highest BCUT2D eigenvalue weighted by molar-refractivity contribution is 5.92. The summed E-state index contributed by atoms with van der Waals surface area (Å²) >= 11 is 0. The molecule has 2 fully saturated rings. The van der Waals surface area contributed by atoms with Crippen LogP contribution < -0.4 is 15.0 Å². The van der Waals surface area contributed by atoms with E-state index in [1.165, 1.54) is 12.5 Å². The topological polar surface area (TPSA) is 104 Å². The van der Waals surface area contributed by atoms with Gasteiger partial charge in [0.15, 0.2) is 0 Å². The van der Waals surface area contributed by atoms with Crippen LogP contribution >= 0.6 is 0 Å². The number of carbonyl (C=O) groups is 1. The number of hydrogen-bond acceptors (Lipinski definition) is 8. The number of benzene rings is 1. The molecule has 3 atom stereocenters. The Morgan fingerprint density at radius 2 is 2.05 bits per heavy atom. The second-order valence-corrected chi connectivity index (χ2v) is 10.8. The average Bonchev–Trinajstić information content (AvgIpc) is 3.21. The number of anilines is 3. The number of fused-ring (bicyclic) bond motifs is 1. The highest BCUT2D eigenvalue weighted by atomic mass is 19.1. The number of ether oxygens (including phenoxy) is 1. The monoisotopic (exact) mass is 522 g/mol. The summed E-state index contributed by atoms with van der Waals surface area (Å²) in [6, 6.07) is 7.86. The van der Waals surface area contributed by atoms with Gasteiger partial charge in [-0.3, -0.25) is 4.79 Å². The first-order valence-corrected chi connectivity index (χ1v) is 13.1. The maximum absolute atomic E-state index is 14.4. The van der Waals surface area contributed by atoms with E-state index >= 15 is 0 Å². The molecule has 10 heteroatoms. The first-order valence-electron chi connectivity index (χ1n) is 13.1. The molecule has 2 N–H and O–H groups in total. The molecule has 0 bridgehead atoms. The molecule has 0 unspecified atom stereocenters. The van der Waals surface area contributed by atoms with Gasteiger partial charge in [0.05, 0.1) is 18.2 Å². The van der Waals surface area contributed by atoms with Gasteiger partial charge >= 0.3 is 0 Å². The summed E-state index contributed by atoms with van der Waals surface area (Å²) in [4.78, 5) is 28.9. The summed E-state index contributed by atoms with van der Waals surface area (Å²) in [5.74, 6) is 2.75. The van der Waals surface area contributed by atoms with Gasteiger partial charge in [0.1, 0.15) is 30.2 Å². The molecule has 5 rings (SSSR count). The van der Waals surface area contributed by atoms with Gasteiger partial charge in [-0.2, -0.15) is 4.98 Å². The molecule has 1 amide bonds. The molecule has 2 saturated heterocycles. The molecule has 1 aromatic carbocycles. The minimum atomic E-state index is -1.38. The normalized spacial score (nSPS) is 23.9. The number of pyridine rings is 1. The van der Waals surface area contributed by atoms with Crippen LogP contribution in [0.1, 0.15) is 51.5 Å². The zero-order chi connectivity index (χ0) is 27.0. The number of nitrogens with zero attached hydrogens (tertiary/aromatic N) is 5. The van der Waals surface area contributed by atoms with Crippen molar-refractivity contribution in [1.82, 2.24) is 19.9 Å². The predicted octanol–water partition coefficient (Wildman–Crippen LogP) is 4.19. The van der Waals surface area contributed by atoms with Gasteiger partial charge in [0, 0.05) is 37.8 Å². The van der Waals surface area contributed by atoms with Crippen LogP contribution in [-0.4, -0.2) is 75.4 Å². The number of likely N-dealkylation sites (tertiary alicyclic amines) is 1.